The highest BCUT2D eigenvalue weighted by Crippen LogP contribution is 2.33. The van der Waals surface area contributed by atoms with Gasteiger partial charge < -0.3 is 20.1 Å². The Morgan fingerprint density at radius 3 is 2.89 bits per heavy atom. The van der Waals surface area contributed by atoms with Crippen molar-refractivity contribution < 1.29 is 19.4 Å². The highest BCUT2D eigenvalue weighted by Gasteiger charge is 2.44. The van der Waals surface area contributed by atoms with E-state index in [1.54, 1.807) is 4.90 Å². The zero-order valence-electron chi connectivity index (χ0n) is 11.4. The third-order valence-electron chi connectivity index (χ3n) is 4.27. The molecule has 2 N–H and O–H groups in total. The number of aliphatic carboxylic acids is 1. The molecule has 2 aliphatic rings. The Bertz CT molecular complexity index is 353. The van der Waals surface area contributed by atoms with Crippen LogP contribution in [-0.2, 0) is 14.3 Å². The Kier molecular flexibility index (Phi) is 4.42. The minimum Gasteiger partial charge on any atom is -0.481 e. The molecule has 0 aromatic heterocycles. The Morgan fingerprint density at radius 1 is 1.53 bits per heavy atom. The maximum atomic E-state index is 12.8. The normalized spacial score (nSPS) is 31.4. The molecular weight excluding hydrogens is 248 g/mol. The van der Waals surface area contributed by atoms with Crippen LogP contribution in [0.5, 0.6) is 0 Å². The zero-order chi connectivity index (χ0) is 13.9. The molecule has 0 aliphatic carbocycles. The van der Waals surface area contributed by atoms with E-state index in [1.165, 1.54) is 0 Å². The van der Waals surface area contributed by atoms with E-state index in [4.69, 9.17) is 9.84 Å². The summed E-state index contributed by atoms with van der Waals surface area (Å²) in [5.41, 5.74) is -0.353. The van der Waals surface area contributed by atoms with Crippen LogP contribution >= 0.6 is 0 Å². The van der Waals surface area contributed by atoms with Gasteiger partial charge in [0, 0.05) is 13.1 Å². The Hall–Kier alpha value is -1.14. The van der Waals surface area contributed by atoms with Crippen molar-refractivity contribution in [2.45, 2.75) is 32.2 Å². The van der Waals surface area contributed by atoms with Crippen molar-refractivity contribution in [3.05, 3.63) is 0 Å². The number of carbonyl (C=O) groups is 2. The number of hydrogen-bond donors (Lipinski definition) is 2. The standard InChI is InChI=1S/C13H22N2O4/c1-2-13(3-4-14-9-13)12(18)15-5-6-19-8-10(15)7-11(16)17/h10,14H,2-9H2,1H3,(H,16,17). The maximum Gasteiger partial charge on any atom is 0.305 e. The molecule has 6 nitrogen and oxygen atoms in total. The number of hydrogen-bond acceptors (Lipinski definition) is 4. The van der Waals surface area contributed by atoms with Crippen molar-refractivity contribution >= 4 is 11.9 Å². The van der Waals surface area contributed by atoms with Crippen molar-refractivity contribution in [1.82, 2.24) is 10.2 Å². The fourth-order valence-electron chi connectivity index (χ4n) is 2.98. The second-order valence-corrected chi connectivity index (χ2v) is 5.39. The number of amides is 1. The molecule has 0 saturated carbocycles. The van der Waals surface area contributed by atoms with Crippen molar-refractivity contribution in [2.24, 2.45) is 5.41 Å². The molecule has 2 heterocycles. The number of morpholine rings is 1. The van der Waals surface area contributed by atoms with Crippen LogP contribution in [0.15, 0.2) is 0 Å². The Labute approximate surface area is 113 Å². The molecule has 6 heteroatoms. The van der Waals surface area contributed by atoms with E-state index in [2.05, 4.69) is 5.32 Å². The number of carbonyl (C=O) groups excluding carboxylic acids is 1. The molecule has 2 saturated heterocycles. The number of nitrogens with zero attached hydrogens (tertiary/aromatic N) is 1. The molecule has 0 aromatic rings. The van der Waals surface area contributed by atoms with E-state index in [1.807, 2.05) is 6.92 Å². The molecule has 0 aromatic carbocycles. The van der Waals surface area contributed by atoms with E-state index >= 15 is 0 Å². The van der Waals surface area contributed by atoms with Gasteiger partial charge in [-0.15, -0.1) is 0 Å². The zero-order valence-corrected chi connectivity index (χ0v) is 11.4. The van der Waals surface area contributed by atoms with Crippen LogP contribution in [0.4, 0.5) is 0 Å². The second-order valence-electron chi connectivity index (χ2n) is 5.39. The predicted molar refractivity (Wildman–Crippen MR) is 68.8 cm³/mol. The average molecular weight is 270 g/mol. The van der Waals surface area contributed by atoms with Gasteiger partial charge in [0.2, 0.25) is 5.91 Å². The quantitative estimate of drug-likeness (QED) is 0.756. The summed E-state index contributed by atoms with van der Waals surface area (Å²) < 4.78 is 5.32. The highest BCUT2D eigenvalue weighted by molar-refractivity contribution is 5.84. The molecule has 2 aliphatic heterocycles. The number of carboxylic acids is 1. The van der Waals surface area contributed by atoms with Gasteiger partial charge in [0.15, 0.2) is 0 Å². The molecule has 0 radical (unpaired) electrons. The first-order chi connectivity index (χ1) is 9.09. The first kappa shape index (κ1) is 14.3. The topological polar surface area (TPSA) is 78.9 Å². The van der Waals surface area contributed by atoms with E-state index in [9.17, 15) is 9.59 Å². The van der Waals surface area contributed by atoms with Gasteiger partial charge in [-0.3, -0.25) is 9.59 Å². The summed E-state index contributed by atoms with van der Waals surface area (Å²) in [5.74, 6) is -0.794. The van der Waals surface area contributed by atoms with Crippen molar-refractivity contribution in [3.63, 3.8) is 0 Å². The average Bonchev–Trinajstić information content (AvgIpc) is 2.88. The van der Waals surface area contributed by atoms with Crippen LogP contribution in [0.2, 0.25) is 0 Å². The third kappa shape index (κ3) is 2.90. The van der Waals surface area contributed by atoms with Gasteiger partial charge in [-0.25, -0.2) is 0 Å². The predicted octanol–water partition coefficient (Wildman–Crippen LogP) is 0.0782. The molecule has 2 atom stereocenters. The van der Waals surface area contributed by atoms with E-state index in [0.29, 0.717) is 26.3 Å². The highest BCUT2D eigenvalue weighted by atomic mass is 16.5. The molecule has 0 spiro atoms. The number of carboxylic acid groups (broad SMARTS) is 1. The van der Waals surface area contributed by atoms with Gasteiger partial charge in [0.1, 0.15) is 0 Å². The first-order valence-electron chi connectivity index (χ1n) is 6.90. The fraction of sp³-hybridized carbons (Fsp3) is 0.846. The summed E-state index contributed by atoms with van der Waals surface area (Å²) in [7, 11) is 0. The molecule has 2 unspecified atom stereocenters. The van der Waals surface area contributed by atoms with Crippen LogP contribution in [-0.4, -0.2) is 60.8 Å². The van der Waals surface area contributed by atoms with Crippen LogP contribution in [0, 0.1) is 5.41 Å². The molecule has 19 heavy (non-hydrogen) atoms. The lowest BCUT2D eigenvalue weighted by atomic mass is 9.82. The van der Waals surface area contributed by atoms with Gasteiger partial charge in [0.05, 0.1) is 31.1 Å². The van der Waals surface area contributed by atoms with E-state index in [0.717, 1.165) is 19.4 Å². The number of nitrogens with one attached hydrogen (secondary N) is 1. The lowest BCUT2D eigenvalue weighted by Gasteiger charge is -2.40. The minimum atomic E-state index is -0.886. The van der Waals surface area contributed by atoms with Gasteiger partial charge in [-0.05, 0) is 19.4 Å². The van der Waals surface area contributed by atoms with Gasteiger partial charge in [-0.1, -0.05) is 6.92 Å². The van der Waals surface area contributed by atoms with Crippen molar-refractivity contribution in [3.8, 4) is 0 Å². The van der Waals surface area contributed by atoms with E-state index in [-0.39, 0.29) is 23.8 Å². The molecule has 2 fully saturated rings. The summed E-state index contributed by atoms with van der Waals surface area (Å²) in [6.45, 7) is 4.89. The second kappa shape index (κ2) is 5.88. The maximum absolute atomic E-state index is 12.8. The van der Waals surface area contributed by atoms with Gasteiger partial charge in [-0.2, -0.15) is 0 Å². The summed E-state index contributed by atoms with van der Waals surface area (Å²) in [5, 5.41) is 12.2. The van der Waals surface area contributed by atoms with Crippen LogP contribution < -0.4 is 5.32 Å². The van der Waals surface area contributed by atoms with Gasteiger partial charge in [0.25, 0.3) is 0 Å². The van der Waals surface area contributed by atoms with Crippen LogP contribution in [0.25, 0.3) is 0 Å². The number of ether oxygens (including phenoxy) is 1. The van der Waals surface area contributed by atoms with Crippen molar-refractivity contribution in [1.29, 1.82) is 0 Å². The summed E-state index contributed by atoms with van der Waals surface area (Å²) in [6, 6.07) is -0.331. The molecule has 0 bridgehead atoms. The smallest absolute Gasteiger partial charge is 0.305 e. The SMILES string of the molecule is CCC1(C(=O)N2CCOCC2CC(=O)O)CCNC1. The van der Waals surface area contributed by atoms with E-state index < -0.39 is 5.97 Å². The third-order valence-corrected chi connectivity index (χ3v) is 4.27. The first-order valence-corrected chi connectivity index (χ1v) is 6.90. The fourth-order valence-corrected chi connectivity index (χ4v) is 2.98. The Morgan fingerprint density at radius 2 is 2.32 bits per heavy atom. The lowest BCUT2D eigenvalue weighted by molar-refractivity contribution is -0.153. The largest absolute Gasteiger partial charge is 0.481 e. The molecule has 108 valence electrons. The van der Waals surface area contributed by atoms with Crippen LogP contribution in [0.1, 0.15) is 26.2 Å². The molecule has 1 amide bonds. The van der Waals surface area contributed by atoms with Gasteiger partial charge >= 0.3 is 5.97 Å². The number of rotatable bonds is 4. The lowest BCUT2D eigenvalue weighted by Crippen LogP contribution is -2.55. The Balaban J connectivity index is 2.12. The minimum absolute atomic E-state index is 0.0427. The summed E-state index contributed by atoms with van der Waals surface area (Å²) in [4.78, 5) is 25.4. The monoisotopic (exact) mass is 270 g/mol. The van der Waals surface area contributed by atoms with Crippen molar-refractivity contribution in [2.75, 3.05) is 32.8 Å². The molecular formula is C13H22N2O4. The summed E-state index contributed by atoms with van der Waals surface area (Å²) in [6.07, 6.45) is 1.58. The molecule has 2 rings (SSSR count). The van der Waals surface area contributed by atoms with Crippen LogP contribution in [0.3, 0.4) is 0 Å². The summed E-state index contributed by atoms with van der Waals surface area (Å²) >= 11 is 0.